The van der Waals surface area contributed by atoms with Gasteiger partial charge in [-0.2, -0.15) is 5.26 Å². The van der Waals surface area contributed by atoms with E-state index in [4.69, 9.17) is 4.74 Å². The van der Waals surface area contributed by atoms with Crippen molar-refractivity contribution >= 4 is 5.82 Å². The predicted octanol–water partition coefficient (Wildman–Crippen LogP) is 0.103. The Labute approximate surface area is 128 Å². The fourth-order valence-corrected chi connectivity index (χ4v) is 3.63. The first kappa shape index (κ1) is 14.9. The molecule has 1 aromatic rings. The summed E-state index contributed by atoms with van der Waals surface area (Å²) in [5.74, 6) is 0.441. The van der Waals surface area contributed by atoms with Crippen molar-refractivity contribution in [2.24, 2.45) is 14.1 Å². The first-order chi connectivity index (χ1) is 10.6. The lowest BCUT2D eigenvalue weighted by atomic mass is 9.90. The molecule has 1 saturated carbocycles. The first-order valence-corrected chi connectivity index (χ1v) is 7.64. The largest absolute Gasteiger partial charge is 0.374 e. The van der Waals surface area contributed by atoms with Crippen LogP contribution in [0.1, 0.15) is 31.2 Å². The maximum Gasteiger partial charge on any atom is 0.332 e. The van der Waals surface area contributed by atoms with Gasteiger partial charge in [-0.25, -0.2) is 4.79 Å². The van der Waals surface area contributed by atoms with Crippen molar-refractivity contribution in [1.82, 2.24) is 9.13 Å². The molecule has 2 atom stereocenters. The minimum Gasteiger partial charge on any atom is -0.374 e. The highest BCUT2D eigenvalue weighted by molar-refractivity contribution is 5.54. The van der Waals surface area contributed by atoms with Crippen LogP contribution in [0.2, 0.25) is 0 Å². The molecule has 3 rings (SSSR count). The summed E-state index contributed by atoms with van der Waals surface area (Å²) < 4.78 is 8.24. The van der Waals surface area contributed by atoms with Crippen LogP contribution in [-0.2, 0) is 18.8 Å². The third-order valence-electron chi connectivity index (χ3n) is 4.75. The second kappa shape index (κ2) is 5.61. The van der Waals surface area contributed by atoms with E-state index in [0.717, 1.165) is 30.3 Å². The van der Waals surface area contributed by atoms with Crippen molar-refractivity contribution in [3.05, 3.63) is 26.4 Å². The number of nitriles is 1. The van der Waals surface area contributed by atoms with Crippen LogP contribution < -0.4 is 16.1 Å². The van der Waals surface area contributed by atoms with Crippen molar-refractivity contribution < 1.29 is 4.74 Å². The Kier molecular flexibility index (Phi) is 3.79. The number of ether oxygens (including phenoxy) is 1. The van der Waals surface area contributed by atoms with Crippen LogP contribution in [-0.4, -0.2) is 34.4 Å². The zero-order chi connectivity index (χ0) is 15.9. The number of fused-ring (bicyclic) bond motifs is 1. The van der Waals surface area contributed by atoms with Crippen LogP contribution in [0.4, 0.5) is 5.82 Å². The Morgan fingerprint density at radius 1 is 1.18 bits per heavy atom. The van der Waals surface area contributed by atoms with E-state index < -0.39 is 11.2 Å². The van der Waals surface area contributed by atoms with E-state index in [9.17, 15) is 14.9 Å². The number of anilines is 1. The van der Waals surface area contributed by atoms with Crippen molar-refractivity contribution in [2.45, 2.75) is 37.8 Å². The standard InChI is InChI=1S/C15H20N4O3/c1-17-13(10(9-16)14(20)18(2)15(17)21)19-7-8-22-12-6-4-3-5-11(12)19/h11-12H,3-8H2,1-2H3/t11-,12-/m1/s1. The fraction of sp³-hybridized carbons (Fsp3) is 0.667. The van der Waals surface area contributed by atoms with Crippen LogP contribution in [0.25, 0.3) is 0 Å². The van der Waals surface area contributed by atoms with Gasteiger partial charge < -0.3 is 9.64 Å². The molecule has 1 aliphatic carbocycles. The third kappa shape index (κ3) is 2.15. The zero-order valence-corrected chi connectivity index (χ0v) is 12.9. The lowest BCUT2D eigenvalue weighted by molar-refractivity contribution is -0.00930. The summed E-state index contributed by atoms with van der Waals surface area (Å²) in [6, 6.07) is 2.12. The summed E-state index contributed by atoms with van der Waals surface area (Å²) >= 11 is 0. The average Bonchev–Trinajstić information content (AvgIpc) is 2.55. The average molecular weight is 304 g/mol. The molecule has 1 aromatic heterocycles. The van der Waals surface area contributed by atoms with E-state index >= 15 is 0 Å². The zero-order valence-electron chi connectivity index (χ0n) is 12.9. The normalized spacial score (nSPS) is 24.7. The molecule has 2 heterocycles. The molecule has 118 valence electrons. The van der Waals surface area contributed by atoms with Crippen LogP contribution >= 0.6 is 0 Å². The molecule has 0 aromatic carbocycles. The quantitative estimate of drug-likeness (QED) is 0.735. The molecule has 0 amide bonds. The molecule has 2 fully saturated rings. The molecule has 2 aliphatic rings. The van der Waals surface area contributed by atoms with Gasteiger partial charge in [0.2, 0.25) is 0 Å². The number of hydrogen-bond donors (Lipinski definition) is 0. The predicted molar refractivity (Wildman–Crippen MR) is 81.0 cm³/mol. The van der Waals surface area contributed by atoms with Gasteiger partial charge >= 0.3 is 5.69 Å². The van der Waals surface area contributed by atoms with E-state index in [2.05, 4.69) is 0 Å². The summed E-state index contributed by atoms with van der Waals surface area (Å²) in [5.41, 5.74) is -0.895. The SMILES string of the molecule is Cn1c(N2CCO[C@@H]3CCCC[C@H]32)c(C#N)c(=O)n(C)c1=O. The van der Waals surface area contributed by atoms with Gasteiger partial charge in [-0.05, 0) is 12.8 Å². The third-order valence-corrected chi connectivity index (χ3v) is 4.75. The number of aromatic nitrogens is 2. The van der Waals surface area contributed by atoms with E-state index in [1.54, 1.807) is 7.05 Å². The van der Waals surface area contributed by atoms with Crippen molar-refractivity contribution in [3.63, 3.8) is 0 Å². The topological polar surface area (TPSA) is 80.3 Å². The molecule has 0 spiro atoms. The Bertz CT molecular complexity index is 741. The van der Waals surface area contributed by atoms with Gasteiger partial charge in [-0.15, -0.1) is 0 Å². The fourth-order valence-electron chi connectivity index (χ4n) is 3.63. The molecule has 1 saturated heterocycles. The number of nitrogens with zero attached hydrogens (tertiary/aromatic N) is 4. The lowest BCUT2D eigenvalue weighted by Crippen LogP contribution is -2.55. The molecule has 22 heavy (non-hydrogen) atoms. The smallest absolute Gasteiger partial charge is 0.332 e. The van der Waals surface area contributed by atoms with E-state index in [0.29, 0.717) is 19.0 Å². The molecule has 0 radical (unpaired) electrons. The molecule has 0 bridgehead atoms. The van der Waals surface area contributed by atoms with Crippen LogP contribution in [0.5, 0.6) is 0 Å². The Morgan fingerprint density at radius 3 is 2.64 bits per heavy atom. The van der Waals surface area contributed by atoms with Gasteiger partial charge in [0.1, 0.15) is 11.9 Å². The van der Waals surface area contributed by atoms with Crippen molar-refractivity contribution in [3.8, 4) is 6.07 Å². The highest BCUT2D eigenvalue weighted by atomic mass is 16.5. The Hall–Kier alpha value is -2.07. The van der Waals surface area contributed by atoms with Crippen LogP contribution in [0.15, 0.2) is 9.59 Å². The number of rotatable bonds is 1. The number of hydrogen-bond acceptors (Lipinski definition) is 5. The second-order valence-electron chi connectivity index (χ2n) is 5.97. The molecule has 7 heteroatoms. The number of morpholine rings is 1. The van der Waals surface area contributed by atoms with Crippen molar-refractivity contribution in [1.29, 1.82) is 5.26 Å². The van der Waals surface area contributed by atoms with Gasteiger partial charge in [-0.1, -0.05) is 12.8 Å². The van der Waals surface area contributed by atoms with Gasteiger partial charge in [0.25, 0.3) is 5.56 Å². The highest BCUT2D eigenvalue weighted by Gasteiger charge is 2.37. The Morgan fingerprint density at radius 2 is 1.91 bits per heavy atom. The summed E-state index contributed by atoms with van der Waals surface area (Å²) in [6.07, 6.45) is 4.30. The monoisotopic (exact) mass is 304 g/mol. The summed E-state index contributed by atoms with van der Waals surface area (Å²) in [7, 11) is 3.02. The molecule has 0 N–H and O–H groups in total. The highest BCUT2D eigenvalue weighted by Crippen LogP contribution is 2.32. The second-order valence-corrected chi connectivity index (χ2v) is 5.97. The van der Waals surface area contributed by atoms with E-state index in [1.807, 2.05) is 11.0 Å². The maximum atomic E-state index is 12.3. The molecule has 1 aliphatic heterocycles. The maximum absolute atomic E-state index is 12.3. The lowest BCUT2D eigenvalue weighted by Gasteiger charge is -2.45. The Balaban J connectivity index is 2.17. The van der Waals surface area contributed by atoms with E-state index in [1.165, 1.54) is 11.6 Å². The summed E-state index contributed by atoms with van der Waals surface area (Å²) in [6.45, 7) is 1.14. The van der Waals surface area contributed by atoms with Crippen molar-refractivity contribution in [2.75, 3.05) is 18.1 Å². The first-order valence-electron chi connectivity index (χ1n) is 7.64. The molecular weight excluding hydrogens is 284 g/mol. The minimum absolute atomic E-state index is 0.0378. The van der Waals surface area contributed by atoms with Crippen LogP contribution in [0.3, 0.4) is 0 Å². The van der Waals surface area contributed by atoms with Gasteiger partial charge in [0.05, 0.1) is 18.8 Å². The molecular formula is C15H20N4O3. The molecule has 0 unspecified atom stereocenters. The van der Waals surface area contributed by atoms with Gasteiger partial charge in [0.15, 0.2) is 5.56 Å². The summed E-state index contributed by atoms with van der Waals surface area (Å²) in [4.78, 5) is 26.5. The van der Waals surface area contributed by atoms with Gasteiger partial charge in [0, 0.05) is 20.6 Å². The molecule has 7 nitrogen and oxygen atoms in total. The van der Waals surface area contributed by atoms with Gasteiger partial charge in [-0.3, -0.25) is 13.9 Å². The van der Waals surface area contributed by atoms with Crippen LogP contribution in [0, 0.1) is 11.3 Å². The summed E-state index contributed by atoms with van der Waals surface area (Å²) in [5, 5.41) is 9.43. The minimum atomic E-state index is -0.528. The van der Waals surface area contributed by atoms with E-state index in [-0.39, 0.29) is 17.7 Å².